The predicted octanol–water partition coefficient (Wildman–Crippen LogP) is 4.50. The molecule has 1 aliphatic carbocycles. The number of halogens is 1. The van der Waals surface area contributed by atoms with Gasteiger partial charge >= 0.3 is 0 Å². The van der Waals surface area contributed by atoms with Gasteiger partial charge in [0.1, 0.15) is 0 Å². The fourth-order valence-electron chi connectivity index (χ4n) is 2.87. The summed E-state index contributed by atoms with van der Waals surface area (Å²) in [6, 6.07) is 18.0. The van der Waals surface area contributed by atoms with Gasteiger partial charge < -0.3 is 5.32 Å². The number of benzene rings is 2. The second-order valence-corrected chi connectivity index (χ2v) is 6.42. The van der Waals surface area contributed by atoms with E-state index in [0.717, 1.165) is 29.1 Å². The highest BCUT2D eigenvalue weighted by Gasteiger charge is 2.34. The van der Waals surface area contributed by atoms with Crippen LogP contribution in [0.25, 0.3) is 0 Å². The van der Waals surface area contributed by atoms with Crippen LogP contribution in [0.4, 0.5) is 5.69 Å². The molecule has 23 heavy (non-hydrogen) atoms. The summed E-state index contributed by atoms with van der Waals surface area (Å²) in [4.78, 5) is 14.6. The Morgan fingerprint density at radius 2 is 1.83 bits per heavy atom. The molecule has 120 valence electrons. The summed E-state index contributed by atoms with van der Waals surface area (Å²) in [7, 11) is 0. The predicted molar refractivity (Wildman–Crippen MR) is 94.7 cm³/mol. The molecule has 1 aliphatic rings. The van der Waals surface area contributed by atoms with Gasteiger partial charge in [-0.15, -0.1) is 0 Å². The maximum absolute atomic E-state index is 12.4. The lowest BCUT2D eigenvalue weighted by molar-refractivity contribution is -0.118. The summed E-state index contributed by atoms with van der Waals surface area (Å²) in [6.45, 7) is 2.50. The molecule has 2 aromatic rings. The van der Waals surface area contributed by atoms with Crippen molar-refractivity contribution in [1.29, 1.82) is 0 Å². The Kier molecular flexibility index (Phi) is 4.99. The van der Waals surface area contributed by atoms with Crippen molar-refractivity contribution in [2.24, 2.45) is 0 Å². The van der Waals surface area contributed by atoms with Crippen LogP contribution in [0.3, 0.4) is 0 Å². The van der Waals surface area contributed by atoms with E-state index in [1.165, 1.54) is 0 Å². The van der Waals surface area contributed by atoms with Gasteiger partial charge in [-0.1, -0.05) is 48.0 Å². The topological polar surface area (TPSA) is 32.3 Å². The lowest BCUT2D eigenvalue weighted by Gasteiger charge is -2.29. The van der Waals surface area contributed by atoms with Crippen molar-refractivity contribution in [2.75, 3.05) is 11.9 Å². The van der Waals surface area contributed by atoms with Crippen molar-refractivity contribution in [3.05, 3.63) is 65.2 Å². The molecule has 4 heteroatoms. The second kappa shape index (κ2) is 7.16. The van der Waals surface area contributed by atoms with Crippen LogP contribution < -0.4 is 5.32 Å². The minimum absolute atomic E-state index is 0.0157. The van der Waals surface area contributed by atoms with Gasteiger partial charge in [-0.3, -0.25) is 9.69 Å². The standard InChI is InChI=1S/C19H21ClN2O/c1-14(17-9-5-6-10-18(17)20)22(16-11-12-16)13-19(23)21-15-7-3-2-4-8-15/h2-10,14,16H,11-13H2,1H3,(H,21,23)/t14-/m1/s1. The van der Waals surface area contributed by atoms with Crippen LogP contribution in [0.1, 0.15) is 31.4 Å². The van der Waals surface area contributed by atoms with Crippen LogP contribution in [-0.2, 0) is 4.79 Å². The molecule has 0 saturated heterocycles. The normalized spacial score (nSPS) is 15.4. The Morgan fingerprint density at radius 3 is 2.48 bits per heavy atom. The molecule has 0 unspecified atom stereocenters. The lowest BCUT2D eigenvalue weighted by atomic mass is 10.1. The van der Waals surface area contributed by atoms with Crippen LogP contribution in [0.2, 0.25) is 5.02 Å². The molecule has 1 N–H and O–H groups in total. The molecule has 1 saturated carbocycles. The third-order valence-electron chi connectivity index (χ3n) is 4.25. The number of nitrogens with one attached hydrogen (secondary N) is 1. The van der Waals surface area contributed by atoms with Crippen LogP contribution in [0.5, 0.6) is 0 Å². The van der Waals surface area contributed by atoms with E-state index in [9.17, 15) is 4.79 Å². The van der Waals surface area contributed by atoms with Crippen LogP contribution in [0.15, 0.2) is 54.6 Å². The molecule has 3 nitrogen and oxygen atoms in total. The van der Waals surface area contributed by atoms with Crippen molar-refractivity contribution in [3.63, 3.8) is 0 Å². The molecule has 1 fully saturated rings. The molecule has 0 radical (unpaired) electrons. The molecule has 0 aliphatic heterocycles. The molecule has 0 heterocycles. The van der Waals surface area contributed by atoms with Crippen LogP contribution >= 0.6 is 11.6 Å². The molecule has 0 bridgehead atoms. The first-order valence-electron chi connectivity index (χ1n) is 8.00. The number of nitrogens with zero attached hydrogens (tertiary/aromatic N) is 1. The summed E-state index contributed by atoms with van der Waals surface area (Å²) in [5, 5.41) is 3.72. The third kappa shape index (κ3) is 4.12. The quantitative estimate of drug-likeness (QED) is 0.846. The van der Waals surface area contributed by atoms with E-state index in [0.29, 0.717) is 12.6 Å². The number of carbonyl (C=O) groups is 1. The molecule has 0 aromatic heterocycles. The number of amides is 1. The largest absolute Gasteiger partial charge is 0.325 e. The summed E-state index contributed by atoms with van der Waals surface area (Å²) >= 11 is 6.33. The summed E-state index contributed by atoms with van der Waals surface area (Å²) in [5.41, 5.74) is 1.91. The van der Waals surface area contributed by atoms with Crippen molar-refractivity contribution < 1.29 is 4.79 Å². The maximum atomic E-state index is 12.4. The van der Waals surface area contributed by atoms with Gasteiger partial charge in [0, 0.05) is 22.8 Å². The Hall–Kier alpha value is -1.84. The second-order valence-electron chi connectivity index (χ2n) is 6.02. The number of hydrogen-bond acceptors (Lipinski definition) is 2. The average molecular weight is 329 g/mol. The van der Waals surface area contributed by atoms with Crippen molar-refractivity contribution >= 4 is 23.2 Å². The minimum atomic E-state index is 0.0157. The van der Waals surface area contributed by atoms with E-state index in [1.54, 1.807) is 0 Å². The average Bonchev–Trinajstić information content (AvgIpc) is 3.38. The number of hydrogen-bond donors (Lipinski definition) is 1. The van der Waals surface area contributed by atoms with Crippen molar-refractivity contribution in [2.45, 2.75) is 31.8 Å². The molecular formula is C19H21ClN2O. The molecule has 0 spiro atoms. The number of anilines is 1. The monoisotopic (exact) mass is 328 g/mol. The Labute approximate surface area is 142 Å². The van der Waals surface area contributed by atoms with Crippen molar-refractivity contribution in [3.8, 4) is 0 Å². The van der Waals surface area contributed by atoms with E-state index in [1.807, 2.05) is 54.6 Å². The van der Waals surface area contributed by atoms with Gasteiger partial charge in [0.2, 0.25) is 5.91 Å². The molecule has 1 atom stereocenters. The fourth-order valence-corrected chi connectivity index (χ4v) is 3.16. The van der Waals surface area contributed by atoms with Crippen LogP contribution in [0, 0.1) is 0 Å². The van der Waals surface area contributed by atoms with Gasteiger partial charge in [0.15, 0.2) is 0 Å². The summed E-state index contributed by atoms with van der Waals surface area (Å²) in [6.07, 6.45) is 2.29. The maximum Gasteiger partial charge on any atom is 0.238 e. The summed E-state index contributed by atoms with van der Waals surface area (Å²) < 4.78 is 0. The van der Waals surface area contributed by atoms with Gasteiger partial charge in [-0.2, -0.15) is 0 Å². The van der Waals surface area contributed by atoms with Gasteiger partial charge in [0.05, 0.1) is 6.54 Å². The summed E-state index contributed by atoms with van der Waals surface area (Å²) in [5.74, 6) is 0.0157. The molecule has 2 aromatic carbocycles. The number of carbonyl (C=O) groups excluding carboxylic acids is 1. The van der Waals surface area contributed by atoms with Gasteiger partial charge in [0.25, 0.3) is 0 Å². The van der Waals surface area contributed by atoms with E-state index >= 15 is 0 Å². The Balaban J connectivity index is 1.70. The Morgan fingerprint density at radius 1 is 1.17 bits per heavy atom. The zero-order valence-corrected chi connectivity index (χ0v) is 14.0. The van der Waals surface area contributed by atoms with E-state index in [4.69, 9.17) is 11.6 Å². The first-order valence-corrected chi connectivity index (χ1v) is 8.38. The highest BCUT2D eigenvalue weighted by atomic mass is 35.5. The van der Waals surface area contributed by atoms with Crippen LogP contribution in [-0.4, -0.2) is 23.4 Å². The van der Waals surface area contributed by atoms with Gasteiger partial charge in [-0.05, 0) is 43.5 Å². The zero-order chi connectivity index (χ0) is 16.2. The first kappa shape index (κ1) is 16.0. The lowest BCUT2D eigenvalue weighted by Crippen LogP contribution is -2.37. The van der Waals surface area contributed by atoms with E-state index in [2.05, 4.69) is 17.1 Å². The third-order valence-corrected chi connectivity index (χ3v) is 4.60. The van der Waals surface area contributed by atoms with Crippen molar-refractivity contribution in [1.82, 2.24) is 4.90 Å². The smallest absolute Gasteiger partial charge is 0.238 e. The Bertz CT molecular complexity index is 670. The van der Waals surface area contributed by atoms with Gasteiger partial charge in [-0.25, -0.2) is 0 Å². The molecule has 3 rings (SSSR count). The highest BCUT2D eigenvalue weighted by Crippen LogP contribution is 2.36. The number of rotatable bonds is 6. The highest BCUT2D eigenvalue weighted by molar-refractivity contribution is 6.31. The SMILES string of the molecule is C[C@H](c1ccccc1Cl)N(CC(=O)Nc1ccccc1)C1CC1. The van der Waals surface area contributed by atoms with E-state index < -0.39 is 0 Å². The first-order chi connectivity index (χ1) is 11.1. The zero-order valence-electron chi connectivity index (χ0n) is 13.2. The number of para-hydroxylation sites is 1. The molecular weight excluding hydrogens is 308 g/mol. The van der Waals surface area contributed by atoms with E-state index in [-0.39, 0.29) is 11.9 Å². The fraction of sp³-hybridized carbons (Fsp3) is 0.316. The molecule has 1 amide bonds. The minimum Gasteiger partial charge on any atom is -0.325 e.